The van der Waals surface area contributed by atoms with Gasteiger partial charge in [-0.25, -0.2) is 4.39 Å². The van der Waals surface area contributed by atoms with Crippen LogP contribution >= 0.6 is 11.8 Å². The number of hydrogen-bond donors (Lipinski definition) is 0. The van der Waals surface area contributed by atoms with Crippen molar-refractivity contribution in [2.24, 2.45) is 7.05 Å². The van der Waals surface area contributed by atoms with Crippen molar-refractivity contribution in [3.05, 3.63) is 65.5 Å². The van der Waals surface area contributed by atoms with Crippen LogP contribution < -0.4 is 0 Å². The van der Waals surface area contributed by atoms with E-state index in [1.807, 2.05) is 42.8 Å². The van der Waals surface area contributed by atoms with Crippen LogP contribution in [0, 0.1) is 12.7 Å². The molecule has 3 aromatic rings. The monoisotopic (exact) mass is 341 g/mol. The summed E-state index contributed by atoms with van der Waals surface area (Å²) in [6.07, 6.45) is 0. The second kappa shape index (κ2) is 6.97. The van der Waals surface area contributed by atoms with Gasteiger partial charge in [0.15, 0.2) is 16.8 Å². The molecule has 0 saturated heterocycles. The first-order chi connectivity index (χ1) is 11.6. The van der Waals surface area contributed by atoms with Crippen LogP contribution in [0.4, 0.5) is 4.39 Å². The van der Waals surface area contributed by atoms with E-state index in [-0.39, 0.29) is 11.5 Å². The molecule has 0 aliphatic heterocycles. The number of nitrogens with zero attached hydrogens (tertiary/aromatic N) is 3. The normalized spacial score (nSPS) is 10.8. The molecule has 0 saturated carbocycles. The Morgan fingerprint density at radius 3 is 2.71 bits per heavy atom. The highest BCUT2D eigenvalue weighted by molar-refractivity contribution is 7.99. The number of carbonyl (C=O) groups is 1. The molecule has 0 radical (unpaired) electrons. The summed E-state index contributed by atoms with van der Waals surface area (Å²) in [6.45, 7) is 2.02. The number of aromatic nitrogens is 3. The first-order valence-electron chi connectivity index (χ1n) is 7.43. The Kier molecular flexibility index (Phi) is 4.76. The van der Waals surface area contributed by atoms with Gasteiger partial charge in [0, 0.05) is 18.2 Å². The molecular weight excluding hydrogens is 325 g/mol. The second-order valence-electron chi connectivity index (χ2n) is 5.40. The third-order valence-electron chi connectivity index (χ3n) is 3.70. The number of hydrogen-bond acceptors (Lipinski definition) is 4. The summed E-state index contributed by atoms with van der Waals surface area (Å²) in [5.74, 6) is 0.392. The molecule has 0 amide bonds. The van der Waals surface area contributed by atoms with Crippen LogP contribution in [-0.4, -0.2) is 26.3 Å². The number of Topliss-reactive ketones (excluding diaryl/α,β-unsaturated/α-hetero) is 1. The number of thioether (sulfide) groups is 1. The van der Waals surface area contributed by atoms with Crippen LogP contribution in [0.15, 0.2) is 53.7 Å². The van der Waals surface area contributed by atoms with E-state index in [1.165, 1.54) is 30.0 Å². The van der Waals surface area contributed by atoms with Gasteiger partial charge in [0.25, 0.3) is 0 Å². The zero-order valence-electron chi connectivity index (χ0n) is 13.4. The topological polar surface area (TPSA) is 47.8 Å². The molecule has 0 aliphatic rings. The third kappa shape index (κ3) is 3.38. The van der Waals surface area contributed by atoms with Crippen molar-refractivity contribution in [2.75, 3.05) is 5.75 Å². The second-order valence-corrected chi connectivity index (χ2v) is 6.34. The van der Waals surface area contributed by atoms with Crippen molar-refractivity contribution in [1.29, 1.82) is 0 Å². The number of ketones is 1. The highest BCUT2D eigenvalue weighted by atomic mass is 32.2. The van der Waals surface area contributed by atoms with Crippen LogP contribution in [0.2, 0.25) is 0 Å². The Labute approximate surface area is 143 Å². The molecule has 0 fully saturated rings. The van der Waals surface area contributed by atoms with Crippen molar-refractivity contribution >= 4 is 17.5 Å². The molecule has 6 heteroatoms. The number of carbonyl (C=O) groups excluding carboxylic acids is 1. The zero-order valence-corrected chi connectivity index (χ0v) is 14.2. The van der Waals surface area contributed by atoms with E-state index in [9.17, 15) is 9.18 Å². The van der Waals surface area contributed by atoms with Gasteiger partial charge in [0.05, 0.1) is 5.75 Å². The lowest BCUT2D eigenvalue weighted by Gasteiger charge is -2.06. The molecule has 0 aliphatic carbocycles. The van der Waals surface area contributed by atoms with E-state index in [0.717, 1.165) is 17.0 Å². The highest BCUT2D eigenvalue weighted by Crippen LogP contribution is 2.25. The van der Waals surface area contributed by atoms with Crippen LogP contribution in [-0.2, 0) is 7.05 Å². The maximum atomic E-state index is 13.2. The minimum absolute atomic E-state index is 0.139. The van der Waals surface area contributed by atoms with E-state index in [0.29, 0.717) is 10.7 Å². The van der Waals surface area contributed by atoms with Crippen molar-refractivity contribution in [1.82, 2.24) is 14.8 Å². The van der Waals surface area contributed by atoms with Crippen molar-refractivity contribution < 1.29 is 9.18 Å². The predicted molar refractivity (Wildman–Crippen MR) is 92.6 cm³/mol. The van der Waals surface area contributed by atoms with Gasteiger partial charge in [0.2, 0.25) is 0 Å². The van der Waals surface area contributed by atoms with E-state index >= 15 is 0 Å². The van der Waals surface area contributed by atoms with Gasteiger partial charge in [-0.05, 0) is 24.6 Å². The lowest BCUT2D eigenvalue weighted by Crippen LogP contribution is -2.04. The zero-order chi connectivity index (χ0) is 17.1. The number of rotatable bonds is 5. The lowest BCUT2D eigenvalue weighted by molar-refractivity contribution is 0.102. The Morgan fingerprint density at radius 1 is 1.17 bits per heavy atom. The third-order valence-corrected chi connectivity index (χ3v) is 4.72. The smallest absolute Gasteiger partial charge is 0.191 e. The van der Waals surface area contributed by atoms with Gasteiger partial charge < -0.3 is 4.57 Å². The molecular formula is C18H16FN3OS. The highest BCUT2D eigenvalue weighted by Gasteiger charge is 2.15. The Bertz CT molecular complexity index is 891. The van der Waals surface area contributed by atoms with Crippen molar-refractivity contribution in [3.8, 4) is 11.4 Å². The first kappa shape index (κ1) is 16.4. The van der Waals surface area contributed by atoms with E-state index < -0.39 is 5.82 Å². The molecule has 0 N–H and O–H groups in total. The van der Waals surface area contributed by atoms with Crippen LogP contribution in [0.25, 0.3) is 11.4 Å². The molecule has 24 heavy (non-hydrogen) atoms. The largest absolute Gasteiger partial charge is 0.305 e. The maximum absolute atomic E-state index is 13.2. The van der Waals surface area contributed by atoms with Crippen LogP contribution in [0.1, 0.15) is 15.9 Å². The van der Waals surface area contributed by atoms with Gasteiger partial charge in [-0.1, -0.05) is 48.2 Å². The average Bonchev–Trinajstić information content (AvgIpc) is 2.94. The SMILES string of the molecule is Cc1ccccc1-c1nnc(SCC(=O)c2cccc(F)c2)n1C. The molecule has 4 nitrogen and oxygen atoms in total. The van der Waals surface area contributed by atoms with Gasteiger partial charge in [-0.3, -0.25) is 4.79 Å². The first-order valence-corrected chi connectivity index (χ1v) is 8.42. The summed E-state index contributed by atoms with van der Waals surface area (Å²) < 4.78 is 15.1. The fourth-order valence-electron chi connectivity index (χ4n) is 2.37. The fourth-order valence-corrected chi connectivity index (χ4v) is 3.18. The average molecular weight is 341 g/mol. The molecule has 0 atom stereocenters. The quantitative estimate of drug-likeness (QED) is 0.521. The number of benzene rings is 2. The predicted octanol–water partition coefficient (Wildman–Crippen LogP) is 3.90. The van der Waals surface area contributed by atoms with Gasteiger partial charge >= 0.3 is 0 Å². The Morgan fingerprint density at radius 2 is 1.96 bits per heavy atom. The molecule has 2 aromatic carbocycles. The van der Waals surface area contributed by atoms with Crippen LogP contribution in [0.5, 0.6) is 0 Å². The minimum Gasteiger partial charge on any atom is -0.305 e. The summed E-state index contributed by atoms with van der Waals surface area (Å²) in [7, 11) is 1.87. The van der Waals surface area contributed by atoms with E-state index in [2.05, 4.69) is 10.2 Å². The molecule has 1 aromatic heterocycles. The fraction of sp³-hybridized carbons (Fsp3) is 0.167. The molecule has 0 unspecified atom stereocenters. The minimum atomic E-state index is -0.411. The van der Waals surface area contributed by atoms with Gasteiger partial charge in [-0.15, -0.1) is 10.2 Å². The molecule has 0 bridgehead atoms. The molecule has 122 valence electrons. The van der Waals surface area contributed by atoms with E-state index in [1.54, 1.807) is 6.07 Å². The Hall–Kier alpha value is -2.47. The summed E-state index contributed by atoms with van der Waals surface area (Å²) in [6, 6.07) is 13.7. The summed E-state index contributed by atoms with van der Waals surface area (Å²) in [5.41, 5.74) is 2.49. The number of halogens is 1. The molecule has 1 heterocycles. The Balaban J connectivity index is 1.75. The van der Waals surface area contributed by atoms with Crippen molar-refractivity contribution in [2.45, 2.75) is 12.1 Å². The molecule has 0 spiro atoms. The maximum Gasteiger partial charge on any atom is 0.191 e. The summed E-state index contributed by atoms with van der Waals surface area (Å²) in [5, 5.41) is 9.05. The summed E-state index contributed by atoms with van der Waals surface area (Å²) in [4.78, 5) is 12.2. The lowest BCUT2D eigenvalue weighted by atomic mass is 10.1. The summed E-state index contributed by atoms with van der Waals surface area (Å²) >= 11 is 1.29. The van der Waals surface area contributed by atoms with Crippen LogP contribution in [0.3, 0.4) is 0 Å². The van der Waals surface area contributed by atoms with Crippen molar-refractivity contribution in [3.63, 3.8) is 0 Å². The van der Waals surface area contributed by atoms with E-state index in [4.69, 9.17) is 0 Å². The van der Waals surface area contributed by atoms with Gasteiger partial charge in [0.1, 0.15) is 5.82 Å². The number of aryl methyl sites for hydroxylation is 1. The standard InChI is InChI=1S/C18H16FN3OS/c1-12-6-3-4-9-15(12)17-20-21-18(22(17)2)24-11-16(23)13-7-5-8-14(19)10-13/h3-10H,11H2,1-2H3. The van der Waals surface area contributed by atoms with Gasteiger partial charge in [-0.2, -0.15) is 0 Å². The molecule has 3 rings (SSSR count).